The lowest BCUT2D eigenvalue weighted by Gasteiger charge is -2.34. The monoisotopic (exact) mass is 278 g/mol. The van der Waals surface area contributed by atoms with Crippen LogP contribution in [0, 0.1) is 6.92 Å². The number of nitrogens with zero attached hydrogens (tertiary/aromatic N) is 3. The van der Waals surface area contributed by atoms with Crippen LogP contribution >= 0.6 is 0 Å². The number of amides is 1. The fraction of sp³-hybridized carbons (Fsp3) is 0.786. The fourth-order valence-corrected chi connectivity index (χ4v) is 2.75. The lowest BCUT2D eigenvalue weighted by molar-refractivity contribution is -0.126. The number of aryl methyl sites for hydroxylation is 1. The van der Waals surface area contributed by atoms with Crippen molar-refractivity contribution in [2.75, 3.05) is 13.1 Å². The van der Waals surface area contributed by atoms with Gasteiger partial charge >= 0.3 is 0 Å². The lowest BCUT2D eigenvalue weighted by atomic mass is 9.96. The van der Waals surface area contributed by atoms with Crippen molar-refractivity contribution in [1.29, 1.82) is 0 Å². The molecule has 2 aliphatic rings. The predicted molar refractivity (Wildman–Crippen MR) is 73.2 cm³/mol. The fourth-order valence-electron chi connectivity index (χ4n) is 2.75. The highest BCUT2D eigenvalue weighted by molar-refractivity contribution is 5.81. The molecular weight excluding hydrogens is 256 g/mol. The minimum absolute atomic E-state index is 0.0811. The number of carbonyl (C=O) groups excluding carboxylic acids is 1. The summed E-state index contributed by atoms with van der Waals surface area (Å²) in [6.07, 6.45) is 4.37. The van der Waals surface area contributed by atoms with E-state index in [1.54, 1.807) is 0 Å². The van der Waals surface area contributed by atoms with Gasteiger partial charge in [0.25, 0.3) is 0 Å². The summed E-state index contributed by atoms with van der Waals surface area (Å²) in [5, 5.41) is 6.94. The molecule has 1 amide bonds. The third-order valence-electron chi connectivity index (χ3n) is 4.20. The summed E-state index contributed by atoms with van der Waals surface area (Å²) in [5.74, 6) is 1.79. The third kappa shape index (κ3) is 3.00. The van der Waals surface area contributed by atoms with E-state index in [0.717, 1.165) is 38.8 Å². The van der Waals surface area contributed by atoms with Crippen LogP contribution in [0.15, 0.2) is 4.52 Å². The average molecular weight is 278 g/mol. The third-order valence-corrected chi connectivity index (χ3v) is 4.20. The molecule has 0 radical (unpaired) electrons. The van der Waals surface area contributed by atoms with Gasteiger partial charge < -0.3 is 9.84 Å². The summed E-state index contributed by atoms with van der Waals surface area (Å²) >= 11 is 0. The quantitative estimate of drug-likeness (QED) is 0.896. The van der Waals surface area contributed by atoms with Gasteiger partial charge in [-0.25, -0.2) is 0 Å². The van der Waals surface area contributed by atoms with Crippen LogP contribution in [0.2, 0.25) is 0 Å². The van der Waals surface area contributed by atoms with E-state index in [2.05, 4.69) is 20.4 Å². The first-order valence-corrected chi connectivity index (χ1v) is 7.48. The molecule has 0 unspecified atom stereocenters. The van der Waals surface area contributed by atoms with Gasteiger partial charge in [-0.3, -0.25) is 9.69 Å². The van der Waals surface area contributed by atoms with Gasteiger partial charge in [0.05, 0.1) is 12.0 Å². The first-order chi connectivity index (χ1) is 9.63. The van der Waals surface area contributed by atoms with Crippen LogP contribution in [-0.4, -0.2) is 46.1 Å². The van der Waals surface area contributed by atoms with Gasteiger partial charge in [0.1, 0.15) is 0 Å². The maximum Gasteiger partial charge on any atom is 0.237 e. The van der Waals surface area contributed by atoms with Crippen LogP contribution in [0.4, 0.5) is 0 Å². The second-order valence-electron chi connectivity index (χ2n) is 5.97. The summed E-state index contributed by atoms with van der Waals surface area (Å²) in [5.41, 5.74) is 0. The molecular formula is C14H22N4O2. The predicted octanol–water partition coefficient (Wildman–Crippen LogP) is 1.22. The van der Waals surface area contributed by atoms with Crippen LogP contribution in [0.1, 0.15) is 50.2 Å². The standard InChI is InChI=1S/C14H22N4O2/c1-9(13(19)16-12-5-6-12)18-7-3-4-11(8-18)14-15-10(2)17-20-14/h9,11-12H,3-8H2,1-2H3,(H,16,19)/t9-,11+/m0/s1. The molecule has 1 N–H and O–H groups in total. The van der Waals surface area contributed by atoms with E-state index in [9.17, 15) is 4.79 Å². The number of likely N-dealkylation sites (tertiary alicyclic amines) is 1. The molecule has 2 fully saturated rings. The molecule has 1 aliphatic heterocycles. The lowest BCUT2D eigenvalue weighted by Crippen LogP contribution is -2.49. The second kappa shape index (κ2) is 5.52. The molecule has 6 nitrogen and oxygen atoms in total. The Morgan fingerprint density at radius 2 is 2.25 bits per heavy atom. The molecule has 2 heterocycles. The number of hydrogen-bond acceptors (Lipinski definition) is 5. The topological polar surface area (TPSA) is 71.3 Å². The number of carbonyl (C=O) groups is 1. The molecule has 2 atom stereocenters. The van der Waals surface area contributed by atoms with Gasteiger partial charge in [-0.05, 0) is 46.1 Å². The molecule has 1 saturated heterocycles. The Kier molecular flexibility index (Phi) is 3.74. The smallest absolute Gasteiger partial charge is 0.237 e. The molecule has 1 saturated carbocycles. The molecule has 6 heteroatoms. The van der Waals surface area contributed by atoms with E-state index in [4.69, 9.17) is 4.52 Å². The Labute approximate surface area is 118 Å². The van der Waals surface area contributed by atoms with Gasteiger partial charge in [0.2, 0.25) is 11.8 Å². The number of rotatable bonds is 4. The van der Waals surface area contributed by atoms with Crippen LogP contribution in [0.5, 0.6) is 0 Å². The Balaban J connectivity index is 1.60. The largest absolute Gasteiger partial charge is 0.352 e. The van der Waals surface area contributed by atoms with E-state index in [-0.39, 0.29) is 17.9 Å². The maximum absolute atomic E-state index is 12.1. The number of hydrogen-bond donors (Lipinski definition) is 1. The molecule has 110 valence electrons. The van der Waals surface area contributed by atoms with E-state index in [1.165, 1.54) is 0 Å². The zero-order chi connectivity index (χ0) is 14.1. The highest BCUT2D eigenvalue weighted by Gasteiger charge is 2.32. The van der Waals surface area contributed by atoms with Gasteiger partial charge in [-0.15, -0.1) is 0 Å². The van der Waals surface area contributed by atoms with Crippen LogP contribution in [0.3, 0.4) is 0 Å². The molecule has 1 aliphatic carbocycles. The van der Waals surface area contributed by atoms with Crippen molar-refractivity contribution in [1.82, 2.24) is 20.4 Å². The summed E-state index contributed by atoms with van der Waals surface area (Å²) in [7, 11) is 0. The maximum atomic E-state index is 12.1. The molecule has 20 heavy (non-hydrogen) atoms. The van der Waals surface area contributed by atoms with Gasteiger partial charge in [-0.1, -0.05) is 5.16 Å². The van der Waals surface area contributed by atoms with E-state index >= 15 is 0 Å². The summed E-state index contributed by atoms with van der Waals surface area (Å²) in [6, 6.07) is 0.339. The molecule has 0 aromatic carbocycles. The van der Waals surface area contributed by atoms with Crippen molar-refractivity contribution < 1.29 is 9.32 Å². The van der Waals surface area contributed by atoms with Crippen molar-refractivity contribution >= 4 is 5.91 Å². The van der Waals surface area contributed by atoms with Gasteiger partial charge in [-0.2, -0.15) is 4.98 Å². The van der Waals surface area contributed by atoms with Crippen molar-refractivity contribution in [3.05, 3.63) is 11.7 Å². The van der Waals surface area contributed by atoms with Crippen molar-refractivity contribution in [2.24, 2.45) is 0 Å². The highest BCUT2D eigenvalue weighted by atomic mass is 16.5. The minimum atomic E-state index is -0.0811. The SMILES string of the molecule is Cc1noc([C@@H]2CCCN([C@@H](C)C(=O)NC3CC3)C2)n1. The highest BCUT2D eigenvalue weighted by Crippen LogP contribution is 2.27. The van der Waals surface area contributed by atoms with Crippen molar-refractivity contribution in [2.45, 2.75) is 57.5 Å². The summed E-state index contributed by atoms with van der Waals surface area (Å²) in [4.78, 5) is 18.7. The number of piperidine rings is 1. The molecule has 0 bridgehead atoms. The number of nitrogens with one attached hydrogen (secondary N) is 1. The zero-order valence-corrected chi connectivity index (χ0v) is 12.1. The van der Waals surface area contributed by atoms with Crippen molar-refractivity contribution in [3.63, 3.8) is 0 Å². The van der Waals surface area contributed by atoms with Gasteiger partial charge in [0.15, 0.2) is 5.82 Å². The van der Waals surface area contributed by atoms with Crippen LogP contribution < -0.4 is 5.32 Å². The van der Waals surface area contributed by atoms with Gasteiger partial charge in [0, 0.05) is 12.6 Å². The van der Waals surface area contributed by atoms with E-state index in [0.29, 0.717) is 17.8 Å². The van der Waals surface area contributed by atoms with Crippen molar-refractivity contribution in [3.8, 4) is 0 Å². The zero-order valence-electron chi connectivity index (χ0n) is 12.1. The Morgan fingerprint density at radius 3 is 2.90 bits per heavy atom. The number of aromatic nitrogens is 2. The first-order valence-electron chi connectivity index (χ1n) is 7.48. The van der Waals surface area contributed by atoms with Crippen LogP contribution in [0.25, 0.3) is 0 Å². The first kappa shape index (κ1) is 13.5. The molecule has 1 aromatic heterocycles. The second-order valence-corrected chi connectivity index (χ2v) is 5.97. The molecule has 0 spiro atoms. The summed E-state index contributed by atoms with van der Waals surface area (Å²) in [6.45, 7) is 5.60. The summed E-state index contributed by atoms with van der Waals surface area (Å²) < 4.78 is 5.28. The average Bonchev–Trinajstić information content (AvgIpc) is 3.16. The Bertz CT molecular complexity index is 483. The molecule has 3 rings (SSSR count). The minimum Gasteiger partial charge on any atom is -0.352 e. The van der Waals surface area contributed by atoms with Crippen LogP contribution in [-0.2, 0) is 4.79 Å². The van der Waals surface area contributed by atoms with E-state index in [1.807, 2.05) is 13.8 Å². The normalized spacial score (nSPS) is 25.4. The molecule has 1 aromatic rings. The van der Waals surface area contributed by atoms with E-state index < -0.39 is 0 Å². The Hall–Kier alpha value is -1.43. The Morgan fingerprint density at radius 1 is 1.45 bits per heavy atom.